The van der Waals surface area contributed by atoms with E-state index in [1.54, 1.807) is 41.1 Å². The molecule has 0 saturated carbocycles. The van der Waals surface area contributed by atoms with Crippen molar-refractivity contribution in [1.82, 2.24) is 30.0 Å². The lowest BCUT2D eigenvalue weighted by Gasteiger charge is -2.33. The summed E-state index contributed by atoms with van der Waals surface area (Å²) in [6.07, 6.45) is 5.21. The zero-order valence-electron chi connectivity index (χ0n) is 23.6. The number of carbonyl (C=O) groups excluding carboxylic acids is 2. The first-order valence-electron chi connectivity index (χ1n) is 13.8. The zero-order valence-corrected chi connectivity index (χ0v) is 23.6. The summed E-state index contributed by atoms with van der Waals surface area (Å²) >= 11 is 0. The SMILES string of the molecule is CC(C)(C)c1ccc(C(=O)NC2CCCN(c3nc(Nc4ccc(C(=O)NCCO)cc4)n4ccnc4n3)C2)cc1. The monoisotopic (exact) mass is 556 g/mol. The van der Waals surface area contributed by atoms with Crippen molar-refractivity contribution in [2.75, 3.05) is 36.5 Å². The standard InChI is InChI=1S/C30H36N8O3/c1-30(2,3)22-10-6-21(7-11-22)26(41)33-24-5-4-16-37(19-24)28-35-27-32-14-17-38(27)29(36-28)34-23-12-8-20(9-13-23)25(40)31-15-18-39/h6-14,17,24,39H,4-5,15-16,18-19H2,1-3H3,(H,31,40)(H,33,41)(H,32,34,35,36). The number of fused-ring (bicyclic) bond motifs is 1. The highest BCUT2D eigenvalue weighted by Gasteiger charge is 2.25. The maximum atomic E-state index is 13.0. The molecule has 2 aromatic heterocycles. The minimum absolute atomic E-state index is 0.0309. The molecule has 1 unspecified atom stereocenters. The van der Waals surface area contributed by atoms with Gasteiger partial charge in [-0.3, -0.25) is 14.0 Å². The molecule has 0 spiro atoms. The van der Waals surface area contributed by atoms with Gasteiger partial charge in [-0.25, -0.2) is 4.98 Å². The van der Waals surface area contributed by atoms with Gasteiger partial charge in [-0.15, -0.1) is 0 Å². The molecule has 1 fully saturated rings. The molecule has 41 heavy (non-hydrogen) atoms. The number of piperidine rings is 1. The van der Waals surface area contributed by atoms with Crippen LogP contribution >= 0.6 is 0 Å². The topological polar surface area (TPSA) is 137 Å². The number of aromatic nitrogens is 4. The Hall–Kier alpha value is -4.51. The molecule has 0 aliphatic carbocycles. The van der Waals surface area contributed by atoms with Gasteiger partial charge >= 0.3 is 0 Å². The first-order valence-corrected chi connectivity index (χ1v) is 13.8. The molecule has 2 aromatic carbocycles. The van der Waals surface area contributed by atoms with Crippen LogP contribution in [0.2, 0.25) is 0 Å². The fourth-order valence-electron chi connectivity index (χ4n) is 4.81. The van der Waals surface area contributed by atoms with Crippen molar-refractivity contribution in [3.05, 3.63) is 77.6 Å². The Bertz CT molecular complexity index is 1510. The van der Waals surface area contributed by atoms with Crippen molar-refractivity contribution in [2.24, 2.45) is 0 Å². The van der Waals surface area contributed by atoms with Gasteiger partial charge in [0.05, 0.1) is 6.61 Å². The Morgan fingerprint density at radius 3 is 2.41 bits per heavy atom. The average Bonchev–Trinajstić information content (AvgIpc) is 3.45. The zero-order chi connectivity index (χ0) is 29.0. The summed E-state index contributed by atoms with van der Waals surface area (Å²) < 4.78 is 1.76. The third-order valence-corrected chi connectivity index (χ3v) is 7.11. The quantitative estimate of drug-likeness (QED) is 0.260. The second-order valence-electron chi connectivity index (χ2n) is 11.2. The van der Waals surface area contributed by atoms with E-state index in [4.69, 9.17) is 10.1 Å². The van der Waals surface area contributed by atoms with Crippen LogP contribution in [0.15, 0.2) is 60.9 Å². The third-order valence-electron chi connectivity index (χ3n) is 7.11. The van der Waals surface area contributed by atoms with Crippen LogP contribution in [0.5, 0.6) is 0 Å². The van der Waals surface area contributed by atoms with E-state index in [-0.39, 0.29) is 36.4 Å². The Morgan fingerprint density at radius 1 is 1.00 bits per heavy atom. The van der Waals surface area contributed by atoms with Gasteiger partial charge in [0, 0.05) is 54.9 Å². The molecule has 11 nitrogen and oxygen atoms in total. The molecule has 11 heteroatoms. The van der Waals surface area contributed by atoms with Crippen LogP contribution in [0.25, 0.3) is 5.78 Å². The molecular weight excluding hydrogens is 520 g/mol. The van der Waals surface area contributed by atoms with E-state index in [0.717, 1.165) is 25.1 Å². The smallest absolute Gasteiger partial charge is 0.251 e. The van der Waals surface area contributed by atoms with Crippen LogP contribution in [0.3, 0.4) is 0 Å². The number of anilines is 3. The van der Waals surface area contributed by atoms with Gasteiger partial charge in [-0.05, 0) is 60.2 Å². The Kier molecular flexibility index (Phi) is 8.16. The minimum atomic E-state index is -0.249. The number of aliphatic hydroxyl groups is 1. The van der Waals surface area contributed by atoms with Gasteiger partial charge < -0.3 is 26.0 Å². The van der Waals surface area contributed by atoms with Gasteiger partial charge in [0.1, 0.15) is 0 Å². The van der Waals surface area contributed by atoms with Crippen LogP contribution in [0.1, 0.15) is 59.9 Å². The molecule has 2 amide bonds. The lowest BCUT2D eigenvalue weighted by Crippen LogP contribution is -2.48. The second-order valence-corrected chi connectivity index (χ2v) is 11.2. The molecule has 4 aromatic rings. The van der Waals surface area contributed by atoms with Gasteiger partial charge in [0.25, 0.3) is 11.8 Å². The van der Waals surface area contributed by atoms with Crippen LogP contribution in [0.4, 0.5) is 17.6 Å². The van der Waals surface area contributed by atoms with Gasteiger partial charge in [-0.1, -0.05) is 32.9 Å². The molecule has 1 saturated heterocycles. The lowest BCUT2D eigenvalue weighted by molar-refractivity contribution is 0.0929. The fourth-order valence-corrected chi connectivity index (χ4v) is 4.81. The van der Waals surface area contributed by atoms with Gasteiger partial charge in [0.2, 0.25) is 17.7 Å². The van der Waals surface area contributed by atoms with E-state index >= 15 is 0 Å². The molecule has 214 valence electrons. The predicted octanol–water partition coefficient (Wildman–Crippen LogP) is 3.29. The molecule has 0 bridgehead atoms. The first kappa shape index (κ1) is 28.0. The number of carbonyl (C=O) groups is 2. The Morgan fingerprint density at radius 2 is 1.71 bits per heavy atom. The van der Waals surface area contributed by atoms with Gasteiger partial charge in [-0.2, -0.15) is 9.97 Å². The highest BCUT2D eigenvalue weighted by atomic mass is 16.3. The average molecular weight is 557 g/mol. The summed E-state index contributed by atoms with van der Waals surface area (Å²) in [6, 6.07) is 14.8. The third kappa shape index (κ3) is 6.63. The molecule has 0 radical (unpaired) electrons. The van der Waals surface area contributed by atoms with Crippen LogP contribution in [0, 0.1) is 0 Å². The highest BCUT2D eigenvalue weighted by molar-refractivity contribution is 5.95. The molecular formula is C30H36N8O3. The largest absolute Gasteiger partial charge is 0.395 e. The summed E-state index contributed by atoms with van der Waals surface area (Å²) in [5.74, 6) is 1.23. The van der Waals surface area contributed by atoms with E-state index in [0.29, 0.717) is 35.3 Å². The lowest BCUT2D eigenvalue weighted by atomic mass is 9.86. The number of nitrogens with one attached hydrogen (secondary N) is 3. The maximum Gasteiger partial charge on any atom is 0.251 e. The Balaban J connectivity index is 1.29. The van der Waals surface area contributed by atoms with Crippen molar-refractivity contribution in [3.8, 4) is 0 Å². The summed E-state index contributed by atoms with van der Waals surface area (Å²) in [6.45, 7) is 7.90. The molecule has 1 aliphatic heterocycles. The van der Waals surface area contributed by atoms with Crippen LogP contribution in [-0.2, 0) is 5.41 Å². The summed E-state index contributed by atoms with van der Waals surface area (Å²) in [5.41, 5.74) is 3.10. The summed E-state index contributed by atoms with van der Waals surface area (Å²) in [7, 11) is 0. The molecule has 1 atom stereocenters. The summed E-state index contributed by atoms with van der Waals surface area (Å²) in [4.78, 5) is 41.1. The Labute approximate surface area is 239 Å². The number of nitrogens with zero attached hydrogens (tertiary/aromatic N) is 5. The number of benzene rings is 2. The predicted molar refractivity (Wildman–Crippen MR) is 158 cm³/mol. The number of aliphatic hydroxyl groups excluding tert-OH is 1. The van der Waals surface area contributed by atoms with E-state index in [1.807, 2.05) is 24.3 Å². The van der Waals surface area contributed by atoms with Crippen molar-refractivity contribution in [1.29, 1.82) is 0 Å². The molecule has 5 rings (SSSR count). The minimum Gasteiger partial charge on any atom is -0.395 e. The number of hydrogen-bond donors (Lipinski definition) is 4. The van der Waals surface area contributed by atoms with Crippen molar-refractivity contribution in [3.63, 3.8) is 0 Å². The number of rotatable bonds is 8. The number of amides is 2. The van der Waals surface area contributed by atoms with E-state index in [9.17, 15) is 9.59 Å². The molecule has 4 N–H and O–H groups in total. The van der Waals surface area contributed by atoms with E-state index in [1.165, 1.54) is 5.56 Å². The maximum absolute atomic E-state index is 13.0. The molecule has 1 aliphatic rings. The van der Waals surface area contributed by atoms with E-state index in [2.05, 4.69) is 51.6 Å². The number of imidazole rings is 1. The molecule has 3 heterocycles. The van der Waals surface area contributed by atoms with Crippen molar-refractivity contribution >= 4 is 35.2 Å². The van der Waals surface area contributed by atoms with Crippen LogP contribution < -0.4 is 20.9 Å². The second kappa shape index (κ2) is 11.9. The summed E-state index contributed by atoms with van der Waals surface area (Å²) in [5, 5.41) is 18.1. The van der Waals surface area contributed by atoms with Crippen LogP contribution in [-0.4, -0.2) is 68.6 Å². The fraction of sp³-hybridized carbons (Fsp3) is 0.367. The van der Waals surface area contributed by atoms with Crippen molar-refractivity contribution < 1.29 is 14.7 Å². The van der Waals surface area contributed by atoms with E-state index < -0.39 is 0 Å². The first-order chi connectivity index (χ1) is 19.7. The number of hydrogen-bond acceptors (Lipinski definition) is 8. The van der Waals surface area contributed by atoms with Crippen molar-refractivity contribution in [2.45, 2.75) is 45.1 Å². The van der Waals surface area contributed by atoms with Gasteiger partial charge in [0.15, 0.2) is 0 Å². The highest BCUT2D eigenvalue weighted by Crippen LogP contribution is 2.24. The normalized spacial score (nSPS) is 15.5.